The second-order valence-corrected chi connectivity index (χ2v) is 8.19. The summed E-state index contributed by atoms with van der Waals surface area (Å²) in [5.41, 5.74) is 0. The fraction of sp³-hybridized carbons (Fsp3) is 0.846. The lowest BCUT2D eigenvalue weighted by Gasteiger charge is -2.39. The predicted molar refractivity (Wildman–Crippen MR) is 77.3 cm³/mol. The summed E-state index contributed by atoms with van der Waals surface area (Å²) in [4.78, 5) is 23.2. The van der Waals surface area contributed by atoms with Gasteiger partial charge < -0.3 is 10.1 Å². The van der Waals surface area contributed by atoms with Gasteiger partial charge in [-0.05, 0) is 19.3 Å². The van der Waals surface area contributed by atoms with Crippen molar-refractivity contribution in [1.82, 2.24) is 14.9 Å². The molecule has 1 saturated carbocycles. The van der Waals surface area contributed by atoms with Crippen LogP contribution < -0.4 is 10.6 Å². The van der Waals surface area contributed by atoms with E-state index < -0.39 is 39.3 Å². The molecule has 2 atom stereocenters. The van der Waals surface area contributed by atoms with E-state index >= 15 is 0 Å². The average Bonchev–Trinajstić information content (AvgIpc) is 2.86. The number of amides is 3. The van der Waals surface area contributed by atoms with Crippen LogP contribution in [0.5, 0.6) is 0 Å². The second-order valence-electron chi connectivity index (χ2n) is 6.03. The Kier molecular flexibility index (Phi) is 4.37. The van der Waals surface area contributed by atoms with Gasteiger partial charge in [-0.1, -0.05) is 19.3 Å². The highest BCUT2D eigenvalue weighted by Gasteiger charge is 2.46. The average molecular weight is 331 g/mol. The van der Waals surface area contributed by atoms with Crippen molar-refractivity contribution in [3.05, 3.63) is 0 Å². The van der Waals surface area contributed by atoms with Crippen LogP contribution in [0.3, 0.4) is 0 Å². The van der Waals surface area contributed by atoms with Gasteiger partial charge in [0.15, 0.2) is 0 Å². The molecule has 2 unspecified atom stereocenters. The molecule has 3 rings (SSSR count). The number of nitrogens with one attached hydrogen (secondary N) is 2. The van der Waals surface area contributed by atoms with E-state index in [-0.39, 0.29) is 6.73 Å². The highest BCUT2D eigenvalue weighted by atomic mass is 32.2. The Balaban J connectivity index is 1.82. The van der Waals surface area contributed by atoms with Crippen LogP contribution in [0.1, 0.15) is 38.5 Å². The van der Waals surface area contributed by atoms with E-state index in [2.05, 4.69) is 10.6 Å². The summed E-state index contributed by atoms with van der Waals surface area (Å²) < 4.78 is 32.4. The van der Waals surface area contributed by atoms with Crippen molar-refractivity contribution in [2.75, 3.05) is 13.3 Å². The van der Waals surface area contributed by atoms with Gasteiger partial charge >= 0.3 is 6.03 Å². The summed E-state index contributed by atoms with van der Waals surface area (Å²) in [5, 5.41) is 4.27. The van der Waals surface area contributed by atoms with Gasteiger partial charge in [-0.25, -0.2) is 13.2 Å². The van der Waals surface area contributed by atoms with Gasteiger partial charge in [0.1, 0.15) is 12.8 Å². The molecule has 3 amide bonds. The Morgan fingerprint density at radius 2 is 1.82 bits per heavy atom. The fourth-order valence-electron chi connectivity index (χ4n) is 3.45. The first kappa shape index (κ1) is 15.7. The van der Waals surface area contributed by atoms with Crippen molar-refractivity contribution in [2.45, 2.75) is 55.9 Å². The van der Waals surface area contributed by atoms with Crippen molar-refractivity contribution in [2.24, 2.45) is 0 Å². The van der Waals surface area contributed by atoms with Crippen LogP contribution in [-0.4, -0.2) is 55.3 Å². The van der Waals surface area contributed by atoms with Crippen LogP contribution in [0.2, 0.25) is 0 Å². The number of rotatable bonds is 3. The first-order valence-electron chi connectivity index (χ1n) is 7.70. The van der Waals surface area contributed by atoms with E-state index in [1.165, 1.54) is 4.31 Å². The fourth-order valence-corrected chi connectivity index (χ4v) is 5.59. The van der Waals surface area contributed by atoms with Crippen molar-refractivity contribution < 1.29 is 22.7 Å². The van der Waals surface area contributed by atoms with Crippen LogP contribution in [-0.2, 0) is 19.6 Å². The number of ether oxygens (including phenoxy) is 1. The smallest absolute Gasteiger partial charge is 0.322 e. The third kappa shape index (κ3) is 2.84. The molecule has 8 nitrogen and oxygen atoms in total. The van der Waals surface area contributed by atoms with E-state index in [0.717, 1.165) is 19.3 Å². The summed E-state index contributed by atoms with van der Waals surface area (Å²) in [6, 6.07) is -1.99. The minimum atomic E-state index is -3.54. The van der Waals surface area contributed by atoms with Gasteiger partial charge in [0.2, 0.25) is 10.0 Å². The van der Waals surface area contributed by atoms with Crippen LogP contribution in [0.25, 0.3) is 0 Å². The van der Waals surface area contributed by atoms with Gasteiger partial charge in [-0.2, -0.15) is 4.31 Å². The number of hydrogen-bond donors (Lipinski definition) is 2. The van der Waals surface area contributed by atoms with Crippen LogP contribution in [0.4, 0.5) is 4.79 Å². The highest BCUT2D eigenvalue weighted by Crippen LogP contribution is 2.30. The molecule has 22 heavy (non-hydrogen) atoms. The molecular weight excluding hydrogens is 310 g/mol. The molecule has 3 fully saturated rings. The minimum absolute atomic E-state index is 0.0524. The SMILES string of the molecule is O=C1NC(=O)C(C2CCOCN2S(=O)(=O)C2CCCCC2)N1. The van der Waals surface area contributed by atoms with Crippen molar-refractivity contribution in [1.29, 1.82) is 0 Å². The topological polar surface area (TPSA) is 105 Å². The maximum atomic E-state index is 12.9. The van der Waals surface area contributed by atoms with Crippen molar-refractivity contribution >= 4 is 22.0 Å². The number of carbonyl (C=O) groups excluding carboxylic acids is 2. The number of nitrogens with zero attached hydrogens (tertiary/aromatic N) is 1. The Bertz CT molecular complexity index is 558. The molecule has 2 N–H and O–H groups in total. The molecule has 0 radical (unpaired) electrons. The molecule has 0 spiro atoms. The number of hydrogen-bond acceptors (Lipinski definition) is 5. The maximum absolute atomic E-state index is 12.9. The minimum Gasteiger partial charge on any atom is -0.365 e. The largest absolute Gasteiger partial charge is 0.365 e. The molecule has 1 aliphatic carbocycles. The Morgan fingerprint density at radius 3 is 2.45 bits per heavy atom. The van der Waals surface area contributed by atoms with E-state index in [1.807, 2.05) is 0 Å². The first-order chi connectivity index (χ1) is 10.5. The number of carbonyl (C=O) groups is 2. The van der Waals surface area contributed by atoms with E-state index in [9.17, 15) is 18.0 Å². The van der Waals surface area contributed by atoms with E-state index in [4.69, 9.17) is 4.74 Å². The first-order valence-corrected chi connectivity index (χ1v) is 9.20. The van der Waals surface area contributed by atoms with Crippen LogP contribution >= 0.6 is 0 Å². The van der Waals surface area contributed by atoms with E-state index in [1.54, 1.807) is 0 Å². The standard InChI is InChI=1S/C13H21N3O5S/c17-12-11(14-13(18)15-12)10-6-7-21-8-16(10)22(19,20)9-4-2-1-3-5-9/h9-11H,1-8H2,(H2,14,15,17,18). The summed E-state index contributed by atoms with van der Waals surface area (Å²) >= 11 is 0. The van der Waals surface area contributed by atoms with E-state index in [0.29, 0.717) is 25.9 Å². The Morgan fingerprint density at radius 1 is 1.09 bits per heavy atom. The number of imide groups is 1. The second kappa shape index (κ2) is 6.13. The molecule has 0 aromatic rings. The van der Waals surface area contributed by atoms with Crippen molar-refractivity contribution in [3.8, 4) is 0 Å². The lowest BCUT2D eigenvalue weighted by molar-refractivity contribution is -0.122. The Labute approximate surface area is 129 Å². The summed E-state index contributed by atoms with van der Waals surface area (Å²) in [6.45, 7) is 0.324. The molecule has 124 valence electrons. The quantitative estimate of drug-likeness (QED) is 0.703. The molecule has 2 heterocycles. The summed E-state index contributed by atoms with van der Waals surface area (Å²) in [6.07, 6.45) is 4.56. The van der Waals surface area contributed by atoms with Crippen LogP contribution in [0.15, 0.2) is 0 Å². The molecular formula is C13H21N3O5S. The molecule has 9 heteroatoms. The predicted octanol–water partition coefficient (Wildman–Crippen LogP) is -0.0947. The van der Waals surface area contributed by atoms with Gasteiger partial charge in [0, 0.05) is 0 Å². The lowest BCUT2D eigenvalue weighted by Crippen LogP contribution is -2.58. The summed E-state index contributed by atoms with van der Waals surface area (Å²) in [7, 11) is -3.54. The molecule has 2 aliphatic heterocycles. The van der Waals surface area contributed by atoms with Gasteiger partial charge in [-0.3, -0.25) is 10.1 Å². The number of urea groups is 1. The molecule has 0 aromatic heterocycles. The van der Waals surface area contributed by atoms with Crippen molar-refractivity contribution in [3.63, 3.8) is 0 Å². The van der Waals surface area contributed by atoms with Gasteiger partial charge in [0.25, 0.3) is 5.91 Å². The lowest BCUT2D eigenvalue weighted by atomic mass is 10.0. The van der Waals surface area contributed by atoms with Gasteiger partial charge in [-0.15, -0.1) is 0 Å². The third-order valence-electron chi connectivity index (χ3n) is 4.64. The third-order valence-corrected chi connectivity index (χ3v) is 6.98. The molecule has 3 aliphatic rings. The maximum Gasteiger partial charge on any atom is 0.322 e. The summed E-state index contributed by atoms with van der Waals surface area (Å²) in [5.74, 6) is -0.472. The van der Waals surface area contributed by atoms with Gasteiger partial charge in [0.05, 0.1) is 17.9 Å². The zero-order valence-electron chi connectivity index (χ0n) is 12.3. The number of sulfonamides is 1. The molecule has 0 aromatic carbocycles. The van der Waals surface area contributed by atoms with Crippen LogP contribution in [0, 0.1) is 0 Å². The Hall–Kier alpha value is -1.19. The normalized spacial score (nSPS) is 31.8. The molecule has 0 bridgehead atoms. The molecule has 2 saturated heterocycles. The zero-order valence-corrected chi connectivity index (χ0v) is 13.1. The zero-order chi connectivity index (χ0) is 15.7. The monoisotopic (exact) mass is 331 g/mol. The highest BCUT2D eigenvalue weighted by molar-refractivity contribution is 7.89.